The molecule has 1 aliphatic rings. The van der Waals surface area contributed by atoms with Crippen molar-refractivity contribution >= 4 is 15.9 Å². The topological polar surface area (TPSA) is 95.9 Å². The fourth-order valence-electron chi connectivity index (χ4n) is 1.96. The number of carbonyl (C=O) groups excluding carboxylic acids is 1. The van der Waals surface area contributed by atoms with Crippen LogP contribution in [0.5, 0.6) is 0 Å². The summed E-state index contributed by atoms with van der Waals surface area (Å²) in [5, 5.41) is 11.6. The van der Waals surface area contributed by atoms with Gasteiger partial charge in [-0.1, -0.05) is 0 Å². The number of nitrogens with one attached hydrogen (secondary N) is 1. The van der Waals surface area contributed by atoms with Crippen molar-refractivity contribution < 1.29 is 23.1 Å². The molecule has 1 fully saturated rings. The summed E-state index contributed by atoms with van der Waals surface area (Å²) in [6.45, 7) is 5.04. The van der Waals surface area contributed by atoms with Crippen LogP contribution in [0.25, 0.3) is 0 Å². The standard InChI is InChI=1S/C12H24N2O5S/c1-12(2,4-7-15)13-11(16)3-10-20(17,18)14-5-8-19-9-6-14/h15H,3-10H2,1-2H3,(H,13,16). The molecule has 7 nitrogen and oxygen atoms in total. The quantitative estimate of drug-likeness (QED) is 0.649. The smallest absolute Gasteiger partial charge is 0.221 e. The van der Waals surface area contributed by atoms with Crippen LogP contribution in [-0.2, 0) is 19.6 Å². The monoisotopic (exact) mass is 308 g/mol. The zero-order valence-corrected chi connectivity index (χ0v) is 12.9. The lowest BCUT2D eigenvalue weighted by Crippen LogP contribution is -2.46. The summed E-state index contributed by atoms with van der Waals surface area (Å²) in [5.74, 6) is -0.520. The number of sulfonamides is 1. The number of aliphatic hydroxyl groups is 1. The van der Waals surface area contributed by atoms with E-state index in [4.69, 9.17) is 9.84 Å². The van der Waals surface area contributed by atoms with E-state index in [0.717, 1.165) is 0 Å². The molecular weight excluding hydrogens is 284 g/mol. The number of aliphatic hydroxyl groups excluding tert-OH is 1. The van der Waals surface area contributed by atoms with E-state index in [2.05, 4.69) is 5.32 Å². The van der Waals surface area contributed by atoms with Crippen LogP contribution in [0, 0.1) is 0 Å². The summed E-state index contributed by atoms with van der Waals surface area (Å²) in [7, 11) is -3.40. The maximum absolute atomic E-state index is 12.0. The van der Waals surface area contributed by atoms with Crippen LogP contribution < -0.4 is 5.32 Å². The predicted molar refractivity (Wildman–Crippen MR) is 74.7 cm³/mol. The van der Waals surface area contributed by atoms with E-state index >= 15 is 0 Å². The van der Waals surface area contributed by atoms with Gasteiger partial charge in [0.1, 0.15) is 0 Å². The van der Waals surface area contributed by atoms with Crippen LogP contribution in [0.2, 0.25) is 0 Å². The van der Waals surface area contributed by atoms with Crippen LogP contribution in [0.3, 0.4) is 0 Å². The van der Waals surface area contributed by atoms with Crippen molar-refractivity contribution in [3.63, 3.8) is 0 Å². The van der Waals surface area contributed by atoms with Gasteiger partial charge in [-0.25, -0.2) is 8.42 Å². The minimum Gasteiger partial charge on any atom is -0.396 e. The van der Waals surface area contributed by atoms with Crippen LogP contribution in [0.4, 0.5) is 0 Å². The second-order valence-electron chi connectivity index (χ2n) is 5.48. The molecule has 0 aromatic carbocycles. The Hall–Kier alpha value is -0.700. The third-order valence-corrected chi connectivity index (χ3v) is 5.04. The van der Waals surface area contributed by atoms with Gasteiger partial charge < -0.3 is 15.2 Å². The third kappa shape index (κ3) is 5.74. The molecule has 0 unspecified atom stereocenters. The summed E-state index contributed by atoms with van der Waals surface area (Å²) < 4.78 is 30.5. The summed E-state index contributed by atoms with van der Waals surface area (Å²) in [4.78, 5) is 11.8. The van der Waals surface area contributed by atoms with E-state index in [-0.39, 0.29) is 24.7 Å². The molecule has 0 aromatic heterocycles. The van der Waals surface area contributed by atoms with Crippen molar-refractivity contribution in [1.29, 1.82) is 0 Å². The van der Waals surface area contributed by atoms with Gasteiger partial charge in [-0.15, -0.1) is 0 Å². The van der Waals surface area contributed by atoms with Gasteiger partial charge in [0.15, 0.2) is 0 Å². The molecule has 1 rings (SSSR count). The summed E-state index contributed by atoms with van der Waals surface area (Å²) in [5.41, 5.74) is -0.533. The van der Waals surface area contributed by atoms with Crippen molar-refractivity contribution in [1.82, 2.24) is 9.62 Å². The zero-order valence-electron chi connectivity index (χ0n) is 12.1. The average molecular weight is 308 g/mol. The lowest BCUT2D eigenvalue weighted by atomic mass is 10.0. The average Bonchev–Trinajstić information content (AvgIpc) is 2.37. The fraction of sp³-hybridized carbons (Fsp3) is 0.917. The Morgan fingerprint density at radius 3 is 2.50 bits per heavy atom. The molecule has 0 atom stereocenters. The van der Waals surface area contributed by atoms with Crippen LogP contribution in [0.15, 0.2) is 0 Å². The molecule has 1 saturated heterocycles. The number of amides is 1. The number of ether oxygens (including phenoxy) is 1. The summed E-state index contributed by atoms with van der Waals surface area (Å²) in [6, 6.07) is 0. The first-order chi connectivity index (χ1) is 9.27. The van der Waals surface area contributed by atoms with Crippen LogP contribution in [0.1, 0.15) is 26.7 Å². The molecule has 0 bridgehead atoms. The number of morpholine rings is 1. The summed E-state index contributed by atoms with van der Waals surface area (Å²) in [6.07, 6.45) is 0.351. The molecule has 1 aliphatic heterocycles. The van der Waals surface area contributed by atoms with Crippen LogP contribution >= 0.6 is 0 Å². The van der Waals surface area contributed by atoms with Gasteiger partial charge in [-0.2, -0.15) is 4.31 Å². The van der Waals surface area contributed by atoms with Gasteiger partial charge in [0.25, 0.3) is 0 Å². The van der Waals surface area contributed by atoms with E-state index < -0.39 is 15.6 Å². The molecule has 0 spiro atoms. The van der Waals surface area contributed by atoms with E-state index in [1.165, 1.54) is 4.31 Å². The van der Waals surface area contributed by atoms with E-state index in [0.29, 0.717) is 32.7 Å². The lowest BCUT2D eigenvalue weighted by molar-refractivity contribution is -0.122. The minimum atomic E-state index is -3.40. The first kappa shape index (κ1) is 17.4. The molecule has 8 heteroatoms. The number of hydrogen-bond acceptors (Lipinski definition) is 5. The van der Waals surface area contributed by atoms with Crippen LogP contribution in [-0.4, -0.2) is 67.9 Å². The van der Waals surface area contributed by atoms with Crippen molar-refractivity contribution in [3.05, 3.63) is 0 Å². The molecule has 0 aromatic rings. The molecule has 1 amide bonds. The number of carbonyl (C=O) groups is 1. The zero-order chi connectivity index (χ0) is 15.2. The SMILES string of the molecule is CC(C)(CCO)NC(=O)CCS(=O)(=O)N1CCOCC1. The van der Waals surface area contributed by atoms with E-state index in [9.17, 15) is 13.2 Å². The van der Waals surface area contributed by atoms with Gasteiger partial charge in [-0.05, 0) is 20.3 Å². The Balaban J connectivity index is 2.43. The highest BCUT2D eigenvalue weighted by molar-refractivity contribution is 7.89. The molecule has 20 heavy (non-hydrogen) atoms. The first-order valence-corrected chi connectivity index (χ1v) is 8.35. The second kappa shape index (κ2) is 7.35. The Kier molecular flexibility index (Phi) is 6.38. The van der Waals surface area contributed by atoms with Gasteiger partial charge in [0, 0.05) is 31.7 Å². The van der Waals surface area contributed by atoms with Crippen molar-refractivity contribution in [2.24, 2.45) is 0 Å². The third-order valence-electron chi connectivity index (χ3n) is 3.17. The second-order valence-corrected chi connectivity index (χ2v) is 7.57. The minimum absolute atomic E-state index is 0.0284. The van der Waals surface area contributed by atoms with Gasteiger partial charge in [0.05, 0.1) is 19.0 Å². The predicted octanol–water partition coefficient (Wildman–Crippen LogP) is -0.684. The maximum atomic E-state index is 12.0. The molecule has 118 valence electrons. The van der Waals surface area contributed by atoms with Gasteiger partial charge >= 0.3 is 0 Å². The molecule has 1 heterocycles. The normalized spacial score (nSPS) is 17.9. The largest absolute Gasteiger partial charge is 0.396 e. The Morgan fingerprint density at radius 1 is 1.35 bits per heavy atom. The molecule has 0 aliphatic carbocycles. The molecular formula is C12H24N2O5S. The Morgan fingerprint density at radius 2 is 1.95 bits per heavy atom. The number of rotatable bonds is 7. The highest BCUT2D eigenvalue weighted by Gasteiger charge is 2.26. The van der Waals surface area contributed by atoms with E-state index in [1.54, 1.807) is 13.8 Å². The number of nitrogens with zero attached hydrogens (tertiary/aromatic N) is 1. The summed E-state index contributed by atoms with van der Waals surface area (Å²) >= 11 is 0. The fourth-order valence-corrected chi connectivity index (χ4v) is 3.36. The lowest BCUT2D eigenvalue weighted by Gasteiger charge is -2.27. The Labute approximate surface area is 120 Å². The van der Waals surface area contributed by atoms with Gasteiger partial charge in [0.2, 0.25) is 15.9 Å². The molecule has 0 radical (unpaired) electrons. The van der Waals surface area contributed by atoms with E-state index in [1.807, 2.05) is 0 Å². The first-order valence-electron chi connectivity index (χ1n) is 6.74. The van der Waals surface area contributed by atoms with Gasteiger partial charge in [-0.3, -0.25) is 4.79 Å². The van der Waals surface area contributed by atoms with Crippen molar-refractivity contribution in [2.45, 2.75) is 32.2 Å². The maximum Gasteiger partial charge on any atom is 0.221 e. The Bertz CT molecular complexity index is 416. The molecule has 0 saturated carbocycles. The van der Waals surface area contributed by atoms with Crippen molar-refractivity contribution in [3.8, 4) is 0 Å². The molecule has 2 N–H and O–H groups in total. The number of hydrogen-bond donors (Lipinski definition) is 2. The highest BCUT2D eigenvalue weighted by Crippen LogP contribution is 2.10. The van der Waals surface area contributed by atoms with Crippen molar-refractivity contribution in [2.75, 3.05) is 38.7 Å². The highest BCUT2D eigenvalue weighted by atomic mass is 32.2.